The molecule has 0 radical (unpaired) electrons. The van der Waals surface area contributed by atoms with E-state index in [0.717, 1.165) is 12.8 Å². The first kappa shape index (κ1) is 13.5. The van der Waals surface area contributed by atoms with Gasteiger partial charge in [-0.05, 0) is 25.2 Å². The van der Waals surface area contributed by atoms with Crippen molar-refractivity contribution in [1.29, 1.82) is 0 Å². The van der Waals surface area contributed by atoms with Crippen molar-refractivity contribution in [3.8, 4) is 0 Å². The van der Waals surface area contributed by atoms with Crippen LogP contribution in [0, 0.1) is 5.92 Å². The van der Waals surface area contributed by atoms with Crippen LogP contribution in [0.5, 0.6) is 0 Å². The van der Waals surface area contributed by atoms with Gasteiger partial charge in [-0.1, -0.05) is 13.8 Å². The molecule has 1 aromatic heterocycles. The lowest BCUT2D eigenvalue weighted by molar-refractivity contribution is -0.139. The van der Waals surface area contributed by atoms with Gasteiger partial charge in [0.1, 0.15) is 11.9 Å². The van der Waals surface area contributed by atoms with E-state index in [4.69, 9.17) is 5.11 Å². The van der Waals surface area contributed by atoms with Crippen molar-refractivity contribution in [2.45, 2.75) is 45.1 Å². The molecule has 19 heavy (non-hydrogen) atoms. The number of aliphatic carboxylic acids is 1. The zero-order chi connectivity index (χ0) is 14.0. The Labute approximate surface area is 110 Å². The lowest BCUT2D eigenvalue weighted by atomic mass is 10.0. The SMILES string of the molecule is CC(C)CC(NC(=O)c1n[nH]c(C2CC2)n1)C(=O)O. The number of carbonyl (C=O) groups is 2. The molecule has 1 fully saturated rings. The average molecular weight is 266 g/mol. The number of carbonyl (C=O) groups excluding carboxylic acids is 1. The number of carboxylic acids is 1. The Morgan fingerprint density at radius 1 is 1.47 bits per heavy atom. The first-order valence-corrected chi connectivity index (χ1v) is 6.43. The quantitative estimate of drug-likeness (QED) is 0.709. The first-order valence-electron chi connectivity index (χ1n) is 6.43. The van der Waals surface area contributed by atoms with Gasteiger partial charge in [-0.15, -0.1) is 5.10 Å². The van der Waals surface area contributed by atoms with Gasteiger partial charge in [0.05, 0.1) is 0 Å². The number of carboxylic acid groups (broad SMARTS) is 1. The smallest absolute Gasteiger partial charge is 0.326 e. The lowest BCUT2D eigenvalue weighted by Gasteiger charge is -2.15. The molecule has 3 N–H and O–H groups in total. The highest BCUT2D eigenvalue weighted by molar-refractivity contribution is 5.93. The van der Waals surface area contributed by atoms with E-state index in [0.29, 0.717) is 18.2 Å². The Hall–Kier alpha value is -1.92. The molecule has 1 atom stereocenters. The summed E-state index contributed by atoms with van der Waals surface area (Å²) >= 11 is 0. The van der Waals surface area contributed by atoms with Gasteiger partial charge in [0.15, 0.2) is 0 Å². The van der Waals surface area contributed by atoms with Gasteiger partial charge in [-0.3, -0.25) is 9.89 Å². The van der Waals surface area contributed by atoms with Gasteiger partial charge in [0.2, 0.25) is 5.82 Å². The molecule has 0 aromatic carbocycles. The number of nitrogens with one attached hydrogen (secondary N) is 2. The maximum atomic E-state index is 11.9. The molecule has 7 nitrogen and oxygen atoms in total. The minimum Gasteiger partial charge on any atom is -0.480 e. The molecule has 1 aliphatic carbocycles. The zero-order valence-corrected chi connectivity index (χ0v) is 11.0. The highest BCUT2D eigenvalue weighted by atomic mass is 16.4. The highest BCUT2D eigenvalue weighted by Gasteiger charge is 2.29. The van der Waals surface area contributed by atoms with Crippen molar-refractivity contribution >= 4 is 11.9 Å². The average Bonchev–Trinajstić information content (AvgIpc) is 3.05. The summed E-state index contributed by atoms with van der Waals surface area (Å²) < 4.78 is 0. The molecule has 1 amide bonds. The third-order valence-electron chi connectivity index (χ3n) is 2.98. The minimum atomic E-state index is -1.04. The number of aromatic nitrogens is 3. The summed E-state index contributed by atoms with van der Waals surface area (Å²) in [6, 6.07) is -0.907. The second-order valence-corrected chi connectivity index (χ2v) is 5.31. The van der Waals surface area contributed by atoms with Crippen molar-refractivity contribution in [2.75, 3.05) is 0 Å². The number of rotatable bonds is 6. The second-order valence-electron chi connectivity index (χ2n) is 5.31. The van der Waals surface area contributed by atoms with Gasteiger partial charge in [0, 0.05) is 5.92 Å². The van der Waals surface area contributed by atoms with Gasteiger partial charge in [-0.2, -0.15) is 0 Å². The summed E-state index contributed by atoms with van der Waals surface area (Å²) in [5, 5.41) is 18.1. The van der Waals surface area contributed by atoms with Crippen LogP contribution in [0.2, 0.25) is 0 Å². The number of hydrogen-bond acceptors (Lipinski definition) is 4. The van der Waals surface area contributed by atoms with Crippen LogP contribution in [-0.2, 0) is 4.79 Å². The molecule has 1 aromatic rings. The van der Waals surface area contributed by atoms with Crippen molar-refractivity contribution in [3.05, 3.63) is 11.6 Å². The fourth-order valence-corrected chi connectivity index (χ4v) is 1.83. The molecular formula is C12H18N4O3. The van der Waals surface area contributed by atoms with Gasteiger partial charge < -0.3 is 10.4 Å². The maximum Gasteiger partial charge on any atom is 0.326 e. The molecule has 1 unspecified atom stereocenters. The summed E-state index contributed by atoms with van der Waals surface area (Å²) in [6.07, 6.45) is 2.49. The third kappa shape index (κ3) is 3.52. The predicted octanol–water partition coefficient (Wildman–Crippen LogP) is 0.911. The summed E-state index contributed by atoms with van der Waals surface area (Å²) in [7, 11) is 0. The van der Waals surface area contributed by atoms with Crippen LogP contribution in [0.1, 0.15) is 55.5 Å². The number of nitrogens with zero attached hydrogens (tertiary/aromatic N) is 2. The monoisotopic (exact) mass is 266 g/mol. The van der Waals surface area contributed by atoms with Crippen molar-refractivity contribution in [3.63, 3.8) is 0 Å². The van der Waals surface area contributed by atoms with Crippen LogP contribution in [0.3, 0.4) is 0 Å². The van der Waals surface area contributed by atoms with E-state index in [2.05, 4.69) is 20.5 Å². The lowest BCUT2D eigenvalue weighted by Crippen LogP contribution is -2.42. The Kier molecular flexibility index (Phi) is 3.82. The Balaban J connectivity index is 1.98. The van der Waals surface area contributed by atoms with Crippen LogP contribution < -0.4 is 5.32 Å². The molecule has 7 heteroatoms. The number of H-pyrrole nitrogens is 1. The zero-order valence-electron chi connectivity index (χ0n) is 11.0. The van der Waals surface area contributed by atoms with Crippen molar-refractivity contribution in [1.82, 2.24) is 20.5 Å². The van der Waals surface area contributed by atoms with Crippen LogP contribution in [0.25, 0.3) is 0 Å². The topological polar surface area (TPSA) is 108 Å². The van der Waals surface area contributed by atoms with E-state index in [1.54, 1.807) is 0 Å². The summed E-state index contributed by atoms with van der Waals surface area (Å²) in [5.41, 5.74) is 0. The van der Waals surface area contributed by atoms with E-state index in [-0.39, 0.29) is 11.7 Å². The molecule has 104 valence electrons. The van der Waals surface area contributed by atoms with Crippen molar-refractivity contribution < 1.29 is 14.7 Å². The van der Waals surface area contributed by atoms with Gasteiger partial charge >= 0.3 is 5.97 Å². The van der Waals surface area contributed by atoms with Gasteiger partial charge in [0.25, 0.3) is 5.91 Å². The minimum absolute atomic E-state index is 0.0110. The van der Waals surface area contributed by atoms with E-state index in [1.807, 2.05) is 13.8 Å². The van der Waals surface area contributed by atoms with Crippen LogP contribution in [0.15, 0.2) is 0 Å². The molecule has 1 aliphatic rings. The van der Waals surface area contributed by atoms with E-state index in [9.17, 15) is 9.59 Å². The normalized spacial score (nSPS) is 16.4. The fourth-order valence-electron chi connectivity index (χ4n) is 1.83. The summed E-state index contributed by atoms with van der Waals surface area (Å²) in [5.74, 6) is -0.315. The summed E-state index contributed by atoms with van der Waals surface area (Å²) in [6.45, 7) is 3.81. The number of amides is 1. The fraction of sp³-hybridized carbons (Fsp3) is 0.667. The van der Waals surface area contributed by atoms with E-state index in [1.165, 1.54) is 0 Å². The first-order chi connectivity index (χ1) is 8.97. The van der Waals surface area contributed by atoms with Crippen LogP contribution >= 0.6 is 0 Å². The predicted molar refractivity (Wildman–Crippen MR) is 66.7 cm³/mol. The molecule has 2 rings (SSSR count). The molecule has 0 spiro atoms. The van der Waals surface area contributed by atoms with E-state index < -0.39 is 17.9 Å². The molecule has 0 bridgehead atoms. The maximum absolute atomic E-state index is 11.9. The standard InChI is InChI=1S/C12H18N4O3/c1-6(2)5-8(12(18)19)13-11(17)10-14-9(15-16-10)7-3-4-7/h6-8H,3-5H2,1-2H3,(H,13,17)(H,18,19)(H,14,15,16). The van der Waals surface area contributed by atoms with Gasteiger partial charge in [-0.25, -0.2) is 9.78 Å². The number of aromatic amines is 1. The largest absolute Gasteiger partial charge is 0.480 e. The number of hydrogen-bond donors (Lipinski definition) is 3. The molecule has 0 saturated heterocycles. The Bertz CT molecular complexity index is 479. The highest BCUT2D eigenvalue weighted by Crippen LogP contribution is 2.37. The van der Waals surface area contributed by atoms with E-state index >= 15 is 0 Å². The molecule has 1 heterocycles. The Morgan fingerprint density at radius 2 is 2.16 bits per heavy atom. The van der Waals surface area contributed by atoms with Crippen LogP contribution in [-0.4, -0.2) is 38.2 Å². The second kappa shape index (κ2) is 5.38. The molecule has 1 saturated carbocycles. The molecular weight excluding hydrogens is 248 g/mol. The third-order valence-corrected chi connectivity index (χ3v) is 2.98. The molecule has 0 aliphatic heterocycles. The Morgan fingerprint density at radius 3 is 2.68 bits per heavy atom. The van der Waals surface area contributed by atoms with Crippen molar-refractivity contribution in [2.24, 2.45) is 5.92 Å². The summed E-state index contributed by atoms with van der Waals surface area (Å²) in [4.78, 5) is 27.0. The van der Waals surface area contributed by atoms with Crippen LogP contribution in [0.4, 0.5) is 0 Å².